The van der Waals surface area contributed by atoms with Crippen molar-refractivity contribution in [3.8, 4) is 10.7 Å². The van der Waals surface area contributed by atoms with Gasteiger partial charge in [-0.05, 0) is 30.0 Å². The van der Waals surface area contributed by atoms with Gasteiger partial charge in [-0.25, -0.2) is 0 Å². The van der Waals surface area contributed by atoms with E-state index in [9.17, 15) is 4.79 Å². The number of aromatic nitrogens is 5. The third-order valence-corrected chi connectivity index (χ3v) is 5.24. The van der Waals surface area contributed by atoms with Crippen LogP contribution in [-0.4, -0.2) is 45.2 Å². The minimum absolute atomic E-state index is 0.0333. The number of carbonyl (C=O) groups is 1. The van der Waals surface area contributed by atoms with E-state index in [4.69, 9.17) is 16.0 Å². The molecule has 0 fully saturated rings. The Morgan fingerprint density at radius 2 is 1.97 bits per heavy atom. The maximum atomic E-state index is 12.5. The summed E-state index contributed by atoms with van der Waals surface area (Å²) in [4.78, 5) is 28.3. The number of anilines is 4. The van der Waals surface area contributed by atoms with E-state index in [0.29, 0.717) is 22.5 Å². The number of thiophene rings is 1. The van der Waals surface area contributed by atoms with E-state index < -0.39 is 5.91 Å². The van der Waals surface area contributed by atoms with E-state index in [2.05, 4.69) is 35.8 Å². The Labute approximate surface area is 186 Å². The van der Waals surface area contributed by atoms with Crippen molar-refractivity contribution in [1.29, 1.82) is 0 Å². The molecule has 1 amide bonds. The molecule has 2 N–H and O–H groups in total. The Balaban J connectivity index is 1.55. The van der Waals surface area contributed by atoms with Crippen LogP contribution in [0.15, 0.2) is 40.1 Å². The van der Waals surface area contributed by atoms with Crippen LogP contribution in [0.1, 0.15) is 16.2 Å². The van der Waals surface area contributed by atoms with Gasteiger partial charge in [0.15, 0.2) is 5.82 Å². The van der Waals surface area contributed by atoms with Gasteiger partial charge < -0.3 is 14.6 Å². The normalized spacial score (nSPS) is 10.7. The molecule has 12 heteroatoms. The second-order valence-corrected chi connectivity index (χ2v) is 7.93. The highest BCUT2D eigenvalue weighted by Crippen LogP contribution is 2.26. The first kappa shape index (κ1) is 20.7. The molecule has 4 rings (SSSR count). The van der Waals surface area contributed by atoms with Crippen molar-refractivity contribution >= 4 is 52.4 Å². The summed E-state index contributed by atoms with van der Waals surface area (Å²) in [6.07, 6.45) is 0. The molecule has 0 radical (unpaired) electrons. The molecule has 4 aromatic rings. The predicted molar refractivity (Wildman–Crippen MR) is 119 cm³/mol. The summed E-state index contributed by atoms with van der Waals surface area (Å²) in [6, 6.07) is 9.10. The SMILES string of the molecule is Cc1cccc(Cl)c1NC(=O)c1nnc(Nc2nc(-c3cccs3)nc(N(C)C)n2)o1. The predicted octanol–water partition coefficient (Wildman–Crippen LogP) is 4.01. The lowest BCUT2D eigenvalue weighted by molar-refractivity contribution is 0.0991. The van der Waals surface area contributed by atoms with Crippen molar-refractivity contribution in [2.24, 2.45) is 0 Å². The first-order valence-corrected chi connectivity index (χ1v) is 10.3. The number of benzene rings is 1. The lowest BCUT2D eigenvalue weighted by Crippen LogP contribution is -2.15. The Bertz CT molecular complexity index is 1210. The van der Waals surface area contributed by atoms with E-state index in [1.807, 2.05) is 44.6 Å². The van der Waals surface area contributed by atoms with Gasteiger partial charge >= 0.3 is 17.8 Å². The molecule has 0 spiro atoms. The molecule has 0 bridgehead atoms. The molecular weight excluding hydrogens is 440 g/mol. The lowest BCUT2D eigenvalue weighted by Gasteiger charge is -2.12. The monoisotopic (exact) mass is 456 g/mol. The van der Waals surface area contributed by atoms with Gasteiger partial charge in [0.1, 0.15) is 0 Å². The minimum atomic E-state index is -0.583. The molecule has 3 heterocycles. The van der Waals surface area contributed by atoms with Crippen LogP contribution in [0.5, 0.6) is 0 Å². The Kier molecular flexibility index (Phi) is 5.78. The summed E-state index contributed by atoms with van der Waals surface area (Å²) in [5.41, 5.74) is 1.29. The average Bonchev–Trinajstić information content (AvgIpc) is 3.43. The first-order valence-electron chi connectivity index (χ1n) is 9.05. The number of nitrogens with zero attached hydrogens (tertiary/aromatic N) is 6. The third kappa shape index (κ3) is 4.62. The number of hydrogen-bond acceptors (Lipinski definition) is 10. The van der Waals surface area contributed by atoms with E-state index in [1.165, 1.54) is 11.3 Å². The summed E-state index contributed by atoms with van der Waals surface area (Å²) in [6.45, 7) is 1.83. The van der Waals surface area contributed by atoms with Gasteiger partial charge in [0.2, 0.25) is 11.9 Å². The van der Waals surface area contributed by atoms with Gasteiger partial charge in [-0.3, -0.25) is 10.1 Å². The molecule has 31 heavy (non-hydrogen) atoms. The highest BCUT2D eigenvalue weighted by atomic mass is 35.5. The van der Waals surface area contributed by atoms with Crippen LogP contribution >= 0.6 is 22.9 Å². The fourth-order valence-electron chi connectivity index (χ4n) is 2.56. The molecule has 158 valence electrons. The van der Waals surface area contributed by atoms with Gasteiger partial charge in [-0.2, -0.15) is 15.0 Å². The third-order valence-electron chi connectivity index (χ3n) is 4.06. The molecule has 0 unspecified atom stereocenters. The summed E-state index contributed by atoms with van der Waals surface area (Å²) >= 11 is 7.66. The molecule has 0 aliphatic heterocycles. The Morgan fingerprint density at radius 3 is 2.68 bits per heavy atom. The van der Waals surface area contributed by atoms with Gasteiger partial charge in [0.25, 0.3) is 0 Å². The Hall–Kier alpha value is -3.57. The molecule has 3 aromatic heterocycles. The van der Waals surface area contributed by atoms with E-state index in [0.717, 1.165) is 10.4 Å². The molecule has 0 saturated carbocycles. The lowest BCUT2D eigenvalue weighted by atomic mass is 10.2. The van der Waals surface area contributed by atoms with Crippen molar-refractivity contribution in [3.63, 3.8) is 0 Å². The Morgan fingerprint density at radius 1 is 1.13 bits per heavy atom. The molecule has 0 aliphatic carbocycles. The minimum Gasteiger partial charge on any atom is -0.399 e. The van der Waals surface area contributed by atoms with Crippen molar-refractivity contribution < 1.29 is 9.21 Å². The fourth-order valence-corrected chi connectivity index (χ4v) is 3.48. The molecular formula is C19H17ClN8O2S. The van der Waals surface area contributed by atoms with Gasteiger partial charge in [-0.15, -0.1) is 16.4 Å². The molecule has 1 aromatic carbocycles. The van der Waals surface area contributed by atoms with Crippen LogP contribution < -0.4 is 15.5 Å². The maximum Gasteiger partial charge on any atom is 0.322 e. The molecule has 10 nitrogen and oxygen atoms in total. The quantitative estimate of drug-likeness (QED) is 0.443. The van der Waals surface area contributed by atoms with Crippen LogP contribution in [0.3, 0.4) is 0 Å². The van der Waals surface area contributed by atoms with Crippen LogP contribution in [0.2, 0.25) is 5.02 Å². The summed E-state index contributed by atoms with van der Waals surface area (Å²) in [7, 11) is 3.65. The van der Waals surface area contributed by atoms with Gasteiger partial charge in [0, 0.05) is 14.1 Å². The standard InChI is InChI=1S/C19H17ClN8O2S/c1-10-6-4-7-11(20)13(10)21-15(29)16-26-27-19(30-16)25-17-22-14(12-8-5-9-31-12)23-18(24-17)28(2)3/h4-9H,1-3H3,(H,21,29)(H,22,23,24,25,27). The van der Waals surface area contributed by atoms with Gasteiger partial charge in [-0.1, -0.05) is 34.9 Å². The van der Waals surface area contributed by atoms with Crippen molar-refractivity contribution in [1.82, 2.24) is 25.1 Å². The average molecular weight is 457 g/mol. The summed E-state index contributed by atoms with van der Waals surface area (Å²) in [5.74, 6) is 0.345. The van der Waals surface area contributed by atoms with Crippen LogP contribution in [0, 0.1) is 6.92 Å². The zero-order valence-electron chi connectivity index (χ0n) is 16.8. The van der Waals surface area contributed by atoms with Crippen molar-refractivity contribution in [2.45, 2.75) is 6.92 Å². The largest absolute Gasteiger partial charge is 0.399 e. The number of rotatable bonds is 6. The van der Waals surface area contributed by atoms with Crippen LogP contribution in [0.4, 0.5) is 23.6 Å². The second-order valence-electron chi connectivity index (χ2n) is 6.58. The number of amides is 1. The van der Waals surface area contributed by atoms with E-state index in [1.54, 1.807) is 17.0 Å². The highest BCUT2D eigenvalue weighted by Gasteiger charge is 2.19. The number of halogens is 1. The maximum absolute atomic E-state index is 12.5. The summed E-state index contributed by atoms with van der Waals surface area (Å²) in [5, 5.41) is 15.5. The zero-order chi connectivity index (χ0) is 22.0. The smallest absolute Gasteiger partial charge is 0.322 e. The number of nitrogens with one attached hydrogen (secondary N) is 2. The van der Waals surface area contributed by atoms with Crippen molar-refractivity contribution in [2.75, 3.05) is 29.6 Å². The number of para-hydroxylation sites is 1. The van der Waals surface area contributed by atoms with Crippen molar-refractivity contribution in [3.05, 3.63) is 52.2 Å². The number of aryl methyl sites for hydroxylation is 1. The number of hydrogen-bond donors (Lipinski definition) is 2. The summed E-state index contributed by atoms with van der Waals surface area (Å²) < 4.78 is 5.43. The van der Waals surface area contributed by atoms with Crippen LogP contribution in [0.25, 0.3) is 10.7 Å². The molecule has 0 aliphatic rings. The van der Waals surface area contributed by atoms with Crippen LogP contribution in [-0.2, 0) is 0 Å². The molecule has 0 atom stereocenters. The topological polar surface area (TPSA) is 122 Å². The van der Waals surface area contributed by atoms with Gasteiger partial charge in [0.05, 0.1) is 15.6 Å². The first-order chi connectivity index (χ1) is 14.9. The fraction of sp³-hybridized carbons (Fsp3) is 0.158. The zero-order valence-corrected chi connectivity index (χ0v) is 18.3. The van der Waals surface area contributed by atoms with E-state index in [-0.39, 0.29) is 17.9 Å². The van der Waals surface area contributed by atoms with E-state index >= 15 is 0 Å². The highest BCUT2D eigenvalue weighted by molar-refractivity contribution is 7.13. The second kappa shape index (κ2) is 8.66. The molecule has 0 saturated heterocycles. The number of carbonyl (C=O) groups excluding carboxylic acids is 1.